The highest BCUT2D eigenvalue weighted by Crippen LogP contribution is 2.15. The molecule has 66 valence electrons. The van der Waals surface area contributed by atoms with E-state index in [1.165, 1.54) is 0 Å². The molecular weight excluding hydrogens is 162 g/mol. The number of hydrogen-bond acceptors (Lipinski definition) is 2. The van der Waals surface area contributed by atoms with Crippen molar-refractivity contribution in [2.75, 3.05) is 0 Å². The Hall–Kier alpha value is -1.57. The van der Waals surface area contributed by atoms with E-state index in [2.05, 4.69) is 4.99 Å². The van der Waals surface area contributed by atoms with Crippen LogP contribution in [-0.4, -0.2) is 5.90 Å². The van der Waals surface area contributed by atoms with E-state index in [0.29, 0.717) is 0 Å². The lowest BCUT2D eigenvalue weighted by molar-refractivity contribution is -0.213. The quantitative estimate of drug-likeness (QED) is 0.459. The third-order valence-electron chi connectivity index (χ3n) is 2.04. The van der Waals surface area contributed by atoms with Crippen LogP contribution < -0.4 is 5.11 Å². The summed E-state index contributed by atoms with van der Waals surface area (Å²) >= 11 is 0. The van der Waals surface area contributed by atoms with Crippen molar-refractivity contribution in [3.8, 4) is 0 Å². The summed E-state index contributed by atoms with van der Waals surface area (Å²) < 4.78 is 0. The van der Waals surface area contributed by atoms with Gasteiger partial charge >= 0.3 is 0 Å². The molecule has 13 heavy (non-hydrogen) atoms. The fourth-order valence-corrected chi connectivity index (χ4v) is 1.33. The van der Waals surface area contributed by atoms with Crippen molar-refractivity contribution < 1.29 is 5.11 Å². The molecule has 0 amide bonds. The Labute approximate surface area is 77.3 Å². The molecule has 0 radical (unpaired) electrons. The molecule has 2 heteroatoms. The third kappa shape index (κ3) is 1.78. The standard InChI is InChI=1S/C11H11NO/c13-11(9-5-1-2-6-9)12-10-7-3-4-8-10/h1-5,7H,6,8H2,(H,12,13)/p-1. The van der Waals surface area contributed by atoms with Gasteiger partial charge in [0, 0.05) is 12.1 Å². The minimum absolute atomic E-state index is 0.0973. The predicted octanol–water partition coefficient (Wildman–Crippen LogP) is 1.48. The number of aliphatic imine (C=N–C) groups is 1. The van der Waals surface area contributed by atoms with Gasteiger partial charge in [0.2, 0.25) is 0 Å². The number of nitrogens with zero attached hydrogens (tertiary/aromatic N) is 1. The lowest BCUT2D eigenvalue weighted by Gasteiger charge is -2.11. The van der Waals surface area contributed by atoms with Gasteiger partial charge in [0.25, 0.3) is 0 Å². The van der Waals surface area contributed by atoms with Crippen molar-refractivity contribution in [1.29, 1.82) is 0 Å². The Morgan fingerprint density at radius 2 is 1.92 bits per heavy atom. The maximum Gasteiger partial charge on any atom is 0.0434 e. The summed E-state index contributed by atoms with van der Waals surface area (Å²) in [4.78, 5) is 4.01. The summed E-state index contributed by atoms with van der Waals surface area (Å²) in [6.45, 7) is 0. The lowest BCUT2D eigenvalue weighted by atomic mass is 10.2. The van der Waals surface area contributed by atoms with Crippen molar-refractivity contribution in [2.24, 2.45) is 4.99 Å². The summed E-state index contributed by atoms with van der Waals surface area (Å²) in [7, 11) is 0. The first-order chi connectivity index (χ1) is 6.36. The lowest BCUT2D eigenvalue weighted by Crippen LogP contribution is -2.19. The van der Waals surface area contributed by atoms with Crippen LogP contribution in [0.3, 0.4) is 0 Å². The number of rotatable bonds is 2. The Kier molecular flexibility index (Phi) is 2.13. The minimum Gasteiger partial charge on any atom is -0.858 e. The summed E-state index contributed by atoms with van der Waals surface area (Å²) in [6.07, 6.45) is 13.0. The first kappa shape index (κ1) is 8.05. The van der Waals surface area contributed by atoms with Crippen molar-refractivity contribution >= 4 is 5.90 Å². The average molecular weight is 172 g/mol. The van der Waals surface area contributed by atoms with Gasteiger partial charge in [-0.2, -0.15) is 0 Å². The zero-order valence-electron chi connectivity index (χ0n) is 7.23. The molecular formula is C11H10NO-. The normalized spacial score (nSPS) is 20.8. The van der Waals surface area contributed by atoms with Crippen LogP contribution in [0, 0.1) is 0 Å². The van der Waals surface area contributed by atoms with Crippen LogP contribution in [0.5, 0.6) is 0 Å². The van der Waals surface area contributed by atoms with Gasteiger partial charge in [-0.1, -0.05) is 30.4 Å². The Morgan fingerprint density at radius 1 is 1.15 bits per heavy atom. The summed E-state index contributed by atoms with van der Waals surface area (Å²) in [5.74, 6) is -0.0973. The summed E-state index contributed by atoms with van der Waals surface area (Å²) in [5.41, 5.74) is 1.64. The van der Waals surface area contributed by atoms with Gasteiger partial charge in [0.05, 0.1) is 0 Å². The Balaban J connectivity index is 2.08. The maximum absolute atomic E-state index is 11.5. The van der Waals surface area contributed by atoms with Crippen LogP contribution in [0.15, 0.2) is 52.7 Å². The molecule has 0 saturated heterocycles. The van der Waals surface area contributed by atoms with Crippen molar-refractivity contribution in [3.05, 3.63) is 47.7 Å². The largest absolute Gasteiger partial charge is 0.858 e. The maximum atomic E-state index is 11.5. The monoisotopic (exact) mass is 172 g/mol. The highest BCUT2D eigenvalue weighted by Gasteiger charge is 2.00. The van der Waals surface area contributed by atoms with Crippen LogP contribution in [0.25, 0.3) is 0 Å². The Morgan fingerprint density at radius 3 is 2.54 bits per heavy atom. The molecule has 0 bridgehead atoms. The van der Waals surface area contributed by atoms with Crippen LogP contribution in [0.2, 0.25) is 0 Å². The zero-order chi connectivity index (χ0) is 9.10. The van der Waals surface area contributed by atoms with Crippen LogP contribution in [0.4, 0.5) is 0 Å². The summed E-state index contributed by atoms with van der Waals surface area (Å²) in [5, 5.41) is 11.5. The van der Waals surface area contributed by atoms with Gasteiger partial charge in [-0.3, -0.25) is 4.99 Å². The molecule has 2 rings (SSSR count). The molecule has 0 aromatic heterocycles. The van der Waals surface area contributed by atoms with Gasteiger partial charge in [0.15, 0.2) is 0 Å². The molecule has 0 heterocycles. The van der Waals surface area contributed by atoms with Gasteiger partial charge in [-0.25, -0.2) is 0 Å². The fraction of sp³-hybridized carbons (Fsp3) is 0.182. The van der Waals surface area contributed by atoms with E-state index in [4.69, 9.17) is 0 Å². The topological polar surface area (TPSA) is 35.4 Å². The molecule has 2 aliphatic carbocycles. The minimum atomic E-state index is -0.0973. The highest BCUT2D eigenvalue weighted by atomic mass is 16.3. The first-order valence-electron chi connectivity index (χ1n) is 4.34. The molecule has 0 saturated carbocycles. The molecule has 2 nitrogen and oxygen atoms in total. The molecule has 0 aromatic rings. The molecule has 0 unspecified atom stereocenters. The van der Waals surface area contributed by atoms with Gasteiger partial charge in [-0.05, 0) is 24.0 Å². The zero-order valence-corrected chi connectivity index (χ0v) is 7.23. The first-order valence-corrected chi connectivity index (χ1v) is 4.34. The Bertz CT molecular complexity index is 356. The smallest absolute Gasteiger partial charge is 0.0434 e. The SMILES string of the molecule is [O-]C(=NC1=CC=CC1)C1=CC=CC1. The van der Waals surface area contributed by atoms with Crippen LogP contribution in [0.1, 0.15) is 12.8 Å². The highest BCUT2D eigenvalue weighted by molar-refractivity contribution is 5.92. The van der Waals surface area contributed by atoms with Gasteiger partial charge < -0.3 is 5.11 Å². The molecule has 0 aromatic carbocycles. The van der Waals surface area contributed by atoms with E-state index in [0.717, 1.165) is 24.1 Å². The molecule has 0 N–H and O–H groups in total. The van der Waals surface area contributed by atoms with Crippen LogP contribution in [-0.2, 0) is 0 Å². The van der Waals surface area contributed by atoms with E-state index in [1.54, 1.807) is 0 Å². The number of hydrogen-bond donors (Lipinski definition) is 0. The van der Waals surface area contributed by atoms with Gasteiger partial charge in [0.1, 0.15) is 0 Å². The second-order valence-electron chi connectivity index (χ2n) is 3.03. The van der Waals surface area contributed by atoms with E-state index in [-0.39, 0.29) is 5.90 Å². The van der Waals surface area contributed by atoms with E-state index in [9.17, 15) is 5.11 Å². The predicted molar refractivity (Wildman–Crippen MR) is 51.1 cm³/mol. The summed E-state index contributed by atoms with van der Waals surface area (Å²) in [6, 6.07) is 0. The third-order valence-corrected chi connectivity index (χ3v) is 2.04. The van der Waals surface area contributed by atoms with E-state index in [1.807, 2.05) is 36.5 Å². The fourth-order valence-electron chi connectivity index (χ4n) is 1.33. The molecule has 0 spiro atoms. The molecule has 0 atom stereocenters. The second-order valence-corrected chi connectivity index (χ2v) is 3.03. The molecule has 0 aliphatic heterocycles. The van der Waals surface area contributed by atoms with E-state index < -0.39 is 0 Å². The molecule has 0 fully saturated rings. The van der Waals surface area contributed by atoms with Crippen molar-refractivity contribution in [2.45, 2.75) is 12.8 Å². The van der Waals surface area contributed by atoms with Crippen LogP contribution >= 0.6 is 0 Å². The van der Waals surface area contributed by atoms with Crippen molar-refractivity contribution in [1.82, 2.24) is 0 Å². The number of allylic oxidation sites excluding steroid dienone is 6. The average Bonchev–Trinajstić information content (AvgIpc) is 2.74. The van der Waals surface area contributed by atoms with Gasteiger partial charge in [-0.15, -0.1) is 0 Å². The van der Waals surface area contributed by atoms with Crippen molar-refractivity contribution in [3.63, 3.8) is 0 Å². The van der Waals surface area contributed by atoms with E-state index >= 15 is 0 Å². The second kappa shape index (κ2) is 3.44. The molecule has 2 aliphatic rings.